The fourth-order valence-corrected chi connectivity index (χ4v) is 1.86. The monoisotopic (exact) mass is 361 g/mol. The summed E-state index contributed by atoms with van der Waals surface area (Å²) in [6.45, 7) is 3.64. The number of rotatable bonds is 5. The number of carbonyl (C=O) groups is 2. The van der Waals surface area contributed by atoms with Crippen LogP contribution in [-0.2, 0) is 9.53 Å². The van der Waals surface area contributed by atoms with Crippen molar-refractivity contribution in [1.82, 2.24) is 5.32 Å². The molecular formula is C13H16INO3. The SMILES string of the molecule is CC[C@H](C)NC(=O)COC(=O)c1ccccc1I. The summed E-state index contributed by atoms with van der Waals surface area (Å²) >= 11 is 2.06. The van der Waals surface area contributed by atoms with Gasteiger partial charge in [-0.1, -0.05) is 19.1 Å². The Morgan fingerprint density at radius 1 is 1.39 bits per heavy atom. The molecule has 1 N–H and O–H groups in total. The predicted molar refractivity (Wildman–Crippen MR) is 77.3 cm³/mol. The molecular weight excluding hydrogens is 345 g/mol. The molecule has 0 fully saturated rings. The Balaban J connectivity index is 2.47. The first-order valence-corrected chi connectivity index (χ1v) is 6.83. The molecule has 4 nitrogen and oxygen atoms in total. The highest BCUT2D eigenvalue weighted by atomic mass is 127. The maximum Gasteiger partial charge on any atom is 0.339 e. The van der Waals surface area contributed by atoms with Crippen LogP contribution in [0.25, 0.3) is 0 Å². The van der Waals surface area contributed by atoms with Gasteiger partial charge in [-0.15, -0.1) is 0 Å². The predicted octanol–water partition coefficient (Wildman–Crippen LogP) is 2.36. The zero-order chi connectivity index (χ0) is 13.5. The summed E-state index contributed by atoms with van der Waals surface area (Å²) < 4.78 is 5.77. The molecule has 1 atom stereocenters. The fourth-order valence-electron chi connectivity index (χ4n) is 1.25. The van der Waals surface area contributed by atoms with Crippen LogP contribution >= 0.6 is 22.6 Å². The van der Waals surface area contributed by atoms with Crippen LogP contribution < -0.4 is 5.32 Å². The highest BCUT2D eigenvalue weighted by Crippen LogP contribution is 2.12. The van der Waals surface area contributed by atoms with Crippen LogP contribution in [0.4, 0.5) is 0 Å². The highest BCUT2D eigenvalue weighted by molar-refractivity contribution is 14.1. The number of halogens is 1. The van der Waals surface area contributed by atoms with Gasteiger partial charge in [-0.3, -0.25) is 4.79 Å². The van der Waals surface area contributed by atoms with Crippen LogP contribution in [0.3, 0.4) is 0 Å². The van der Waals surface area contributed by atoms with Crippen molar-refractivity contribution in [3.8, 4) is 0 Å². The largest absolute Gasteiger partial charge is 0.452 e. The molecule has 0 radical (unpaired) electrons. The molecule has 5 heteroatoms. The molecule has 0 bridgehead atoms. The van der Waals surface area contributed by atoms with E-state index in [-0.39, 0.29) is 18.6 Å². The van der Waals surface area contributed by atoms with Crippen molar-refractivity contribution in [1.29, 1.82) is 0 Å². The molecule has 1 aromatic rings. The minimum Gasteiger partial charge on any atom is -0.452 e. The fraction of sp³-hybridized carbons (Fsp3) is 0.385. The van der Waals surface area contributed by atoms with E-state index in [4.69, 9.17) is 4.74 Å². The quantitative estimate of drug-likeness (QED) is 0.647. The zero-order valence-corrected chi connectivity index (χ0v) is 12.6. The van der Waals surface area contributed by atoms with Gasteiger partial charge in [0.1, 0.15) is 0 Å². The van der Waals surface area contributed by atoms with Crippen molar-refractivity contribution in [3.05, 3.63) is 33.4 Å². The summed E-state index contributed by atoms with van der Waals surface area (Å²) in [5.41, 5.74) is 0.481. The van der Waals surface area contributed by atoms with Crippen molar-refractivity contribution in [2.24, 2.45) is 0 Å². The van der Waals surface area contributed by atoms with Crippen LogP contribution in [0.2, 0.25) is 0 Å². The summed E-state index contributed by atoms with van der Waals surface area (Å²) in [6.07, 6.45) is 0.844. The minimum absolute atomic E-state index is 0.0908. The number of amides is 1. The molecule has 0 heterocycles. The van der Waals surface area contributed by atoms with Crippen molar-refractivity contribution in [2.45, 2.75) is 26.3 Å². The van der Waals surface area contributed by atoms with Gasteiger partial charge in [0.25, 0.3) is 5.91 Å². The molecule has 0 saturated carbocycles. The van der Waals surface area contributed by atoms with Gasteiger partial charge >= 0.3 is 5.97 Å². The normalized spacial score (nSPS) is 11.7. The molecule has 1 rings (SSSR count). The van der Waals surface area contributed by atoms with E-state index in [1.807, 2.05) is 26.0 Å². The van der Waals surface area contributed by atoms with Gasteiger partial charge in [0.2, 0.25) is 0 Å². The molecule has 1 aromatic carbocycles. The lowest BCUT2D eigenvalue weighted by atomic mass is 10.2. The summed E-state index contributed by atoms with van der Waals surface area (Å²) in [4.78, 5) is 23.2. The molecule has 0 saturated heterocycles. The molecule has 0 aromatic heterocycles. The second kappa shape index (κ2) is 7.35. The number of carbonyl (C=O) groups excluding carboxylic acids is 2. The average Bonchev–Trinajstić information content (AvgIpc) is 2.36. The maximum atomic E-state index is 11.7. The second-order valence-electron chi connectivity index (χ2n) is 3.93. The van der Waals surface area contributed by atoms with Gasteiger partial charge in [0.05, 0.1) is 5.56 Å². The Bertz CT molecular complexity index is 434. The lowest BCUT2D eigenvalue weighted by molar-refractivity contribution is -0.124. The van der Waals surface area contributed by atoms with Gasteiger partial charge < -0.3 is 10.1 Å². The van der Waals surface area contributed by atoms with E-state index in [9.17, 15) is 9.59 Å². The number of nitrogens with one attached hydrogen (secondary N) is 1. The average molecular weight is 361 g/mol. The topological polar surface area (TPSA) is 55.4 Å². The molecule has 0 unspecified atom stereocenters. The van der Waals surface area contributed by atoms with Crippen LogP contribution in [0.1, 0.15) is 30.6 Å². The Labute approximate surface area is 120 Å². The van der Waals surface area contributed by atoms with E-state index < -0.39 is 5.97 Å². The van der Waals surface area contributed by atoms with Gasteiger partial charge in [0, 0.05) is 9.61 Å². The Hall–Kier alpha value is -1.11. The number of benzene rings is 1. The van der Waals surface area contributed by atoms with Crippen LogP contribution in [0.5, 0.6) is 0 Å². The molecule has 0 aliphatic carbocycles. The first kappa shape index (κ1) is 14.9. The highest BCUT2D eigenvalue weighted by Gasteiger charge is 2.13. The lowest BCUT2D eigenvalue weighted by Gasteiger charge is -2.11. The molecule has 98 valence electrons. The van der Waals surface area contributed by atoms with Gasteiger partial charge in [-0.25, -0.2) is 4.79 Å². The molecule has 0 spiro atoms. The standard InChI is InChI=1S/C13H16INO3/c1-3-9(2)15-12(16)8-18-13(17)10-6-4-5-7-11(10)14/h4-7,9H,3,8H2,1-2H3,(H,15,16)/t9-/m0/s1. The van der Waals surface area contributed by atoms with Crippen LogP contribution in [-0.4, -0.2) is 24.5 Å². The number of esters is 1. The van der Waals surface area contributed by atoms with Crippen molar-refractivity contribution in [2.75, 3.05) is 6.61 Å². The summed E-state index contributed by atoms with van der Waals surface area (Å²) in [7, 11) is 0. The third kappa shape index (κ3) is 4.64. The Morgan fingerprint density at radius 3 is 2.67 bits per heavy atom. The van der Waals surface area contributed by atoms with Gasteiger partial charge in [-0.05, 0) is 48.1 Å². The van der Waals surface area contributed by atoms with Gasteiger partial charge in [0.15, 0.2) is 6.61 Å². The number of hydrogen-bond donors (Lipinski definition) is 1. The van der Waals surface area contributed by atoms with Crippen LogP contribution in [0.15, 0.2) is 24.3 Å². The Morgan fingerprint density at radius 2 is 2.06 bits per heavy atom. The number of ether oxygens (including phenoxy) is 1. The third-order valence-electron chi connectivity index (χ3n) is 2.45. The van der Waals surface area contributed by atoms with E-state index >= 15 is 0 Å². The lowest BCUT2D eigenvalue weighted by Crippen LogP contribution is -2.35. The first-order chi connectivity index (χ1) is 8.54. The van der Waals surface area contributed by atoms with Crippen LogP contribution in [0, 0.1) is 3.57 Å². The summed E-state index contributed by atoms with van der Waals surface area (Å²) in [5, 5.41) is 2.73. The van der Waals surface area contributed by atoms with E-state index in [1.54, 1.807) is 12.1 Å². The van der Waals surface area contributed by atoms with Crippen molar-refractivity contribution >= 4 is 34.5 Å². The molecule has 0 aliphatic rings. The summed E-state index contributed by atoms with van der Waals surface area (Å²) in [5.74, 6) is -0.747. The maximum absolute atomic E-state index is 11.7. The van der Waals surface area contributed by atoms with E-state index in [0.717, 1.165) is 9.99 Å². The van der Waals surface area contributed by atoms with Crippen molar-refractivity contribution in [3.63, 3.8) is 0 Å². The third-order valence-corrected chi connectivity index (χ3v) is 3.39. The summed E-state index contributed by atoms with van der Waals surface area (Å²) in [6, 6.07) is 7.19. The van der Waals surface area contributed by atoms with Crippen molar-refractivity contribution < 1.29 is 14.3 Å². The van der Waals surface area contributed by atoms with E-state index in [1.165, 1.54) is 0 Å². The first-order valence-electron chi connectivity index (χ1n) is 5.75. The van der Waals surface area contributed by atoms with E-state index in [0.29, 0.717) is 5.56 Å². The van der Waals surface area contributed by atoms with E-state index in [2.05, 4.69) is 27.9 Å². The zero-order valence-electron chi connectivity index (χ0n) is 10.4. The second-order valence-corrected chi connectivity index (χ2v) is 5.09. The molecule has 18 heavy (non-hydrogen) atoms. The minimum atomic E-state index is -0.473. The Kier molecular flexibility index (Phi) is 6.11. The smallest absolute Gasteiger partial charge is 0.339 e. The molecule has 0 aliphatic heterocycles. The molecule has 1 amide bonds. The van der Waals surface area contributed by atoms with Gasteiger partial charge in [-0.2, -0.15) is 0 Å². The number of hydrogen-bond acceptors (Lipinski definition) is 3.